The Kier molecular flexibility index (Phi) is 10.8. The Bertz CT molecular complexity index is 1170. The number of hydrogen-bond acceptors (Lipinski definition) is 4. The van der Waals surface area contributed by atoms with Crippen molar-refractivity contribution >= 4 is 29.7 Å². The van der Waals surface area contributed by atoms with Crippen LogP contribution in [0.3, 0.4) is 0 Å². The zero-order valence-corrected chi connectivity index (χ0v) is 25.2. The van der Waals surface area contributed by atoms with Crippen LogP contribution in [0.25, 0.3) is 6.08 Å². The van der Waals surface area contributed by atoms with Gasteiger partial charge in [0.1, 0.15) is 5.82 Å². The summed E-state index contributed by atoms with van der Waals surface area (Å²) < 4.78 is 14.5. The summed E-state index contributed by atoms with van der Waals surface area (Å²) in [6.45, 7) is 12.6. The van der Waals surface area contributed by atoms with Gasteiger partial charge in [-0.3, -0.25) is 9.59 Å². The lowest BCUT2D eigenvalue weighted by molar-refractivity contribution is -0.130. The van der Waals surface area contributed by atoms with Gasteiger partial charge in [-0.1, -0.05) is 70.9 Å². The highest BCUT2D eigenvalue weighted by Gasteiger charge is 2.40. The fourth-order valence-corrected chi connectivity index (χ4v) is 7.25. The van der Waals surface area contributed by atoms with Crippen LogP contribution >= 0.6 is 11.8 Å². The van der Waals surface area contributed by atoms with Gasteiger partial charge in [0.25, 0.3) is 11.8 Å². The van der Waals surface area contributed by atoms with Crippen molar-refractivity contribution < 1.29 is 14.0 Å². The summed E-state index contributed by atoms with van der Waals surface area (Å²) in [7, 11) is 0. The first-order valence-electron chi connectivity index (χ1n) is 14.7. The molecule has 7 heteroatoms. The van der Waals surface area contributed by atoms with E-state index in [-0.39, 0.29) is 30.2 Å². The van der Waals surface area contributed by atoms with Gasteiger partial charge in [0.05, 0.1) is 4.91 Å². The number of nitrogens with zero attached hydrogens (tertiary/aromatic N) is 2. The van der Waals surface area contributed by atoms with Gasteiger partial charge < -0.3 is 15.1 Å². The molecule has 40 heavy (non-hydrogen) atoms. The first kappa shape index (κ1) is 30.3. The molecule has 1 saturated carbocycles. The summed E-state index contributed by atoms with van der Waals surface area (Å²) in [5.41, 5.74) is 2.04. The average Bonchev–Trinajstić information content (AvgIpc) is 2.91. The lowest BCUT2D eigenvalue weighted by Gasteiger charge is -2.44. The first-order chi connectivity index (χ1) is 19.2. The fraction of sp³-hybridized carbons (Fsp3) is 0.515. The monoisotopic (exact) mass is 565 g/mol. The normalized spacial score (nSPS) is 20.4. The van der Waals surface area contributed by atoms with Crippen LogP contribution in [-0.4, -0.2) is 59.1 Å². The van der Waals surface area contributed by atoms with E-state index in [9.17, 15) is 14.0 Å². The molecule has 2 atom stereocenters. The van der Waals surface area contributed by atoms with E-state index >= 15 is 0 Å². The Morgan fingerprint density at radius 1 is 1.05 bits per heavy atom. The number of benzene rings is 2. The maximum atomic E-state index is 14.5. The van der Waals surface area contributed by atoms with Gasteiger partial charge in [-0.2, -0.15) is 0 Å². The number of carbonyl (C=O) groups excluding carboxylic acids is 2. The molecule has 1 aliphatic carbocycles. The maximum absolute atomic E-state index is 14.5. The summed E-state index contributed by atoms with van der Waals surface area (Å²) in [6, 6.07) is 14.3. The average molecular weight is 566 g/mol. The third kappa shape index (κ3) is 8.20. The number of rotatable bonds is 11. The fourth-order valence-electron chi connectivity index (χ4n) is 5.77. The Labute approximate surface area is 243 Å². The van der Waals surface area contributed by atoms with Crippen molar-refractivity contribution in [2.24, 2.45) is 11.8 Å². The molecule has 1 heterocycles. The van der Waals surface area contributed by atoms with Crippen LogP contribution in [-0.2, 0) is 11.3 Å². The minimum absolute atomic E-state index is 0.0365. The number of thioether (sulfide) groups is 1. The first-order valence-corrected chi connectivity index (χ1v) is 15.6. The van der Waals surface area contributed by atoms with Crippen LogP contribution in [0.5, 0.6) is 0 Å². The minimum atomic E-state index is -0.271. The maximum Gasteiger partial charge on any atom is 0.260 e. The molecule has 2 unspecified atom stereocenters. The molecule has 2 aromatic rings. The van der Waals surface area contributed by atoms with Gasteiger partial charge >= 0.3 is 0 Å². The number of nitrogens with one attached hydrogen (secondary N) is 1. The van der Waals surface area contributed by atoms with Crippen LogP contribution in [0.15, 0.2) is 53.4 Å². The largest absolute Gasteiger partial charge is 0.351 e. The van der Waals surface area contributed by atoms with Gasteiger partial charge in [-0.05, 0) is 54.5 Å². The summed E-state index contributed by atoms with van der Waals surface area (Å²) in [6.07, 6.45) is 6.18. The van der Waals surface area contributed by atoms with Crippen LogP contribution in [0.4, 0.5) is 4.39 Å². The number of hydrogen-bond donors (Lipinski definition) is 1. The third-order valence-corrected chi connectivity index (χ3v) is 8.95. The molecule has 0 spiro atoms. The summed E-state index contributed by atoms with van der Waals surface area (Å²) >= 11 is 1.66. The molecule has 1 N–H and O–H groups in total. The second-order valence-electron chi connectivity index (χ2n) is 12.0. The van der Waals surface area contributed by atoms with E-state index in [4.69, 9.17) is 0 Å². The molecule has 0 radical (unpaired) electrons. The standard InChI is InChI=1S/C33H44FN3O2S/c1-23(2)20-36(21-24(3)4)18-17-35-32(38)26-15-13-25(14-16-26)19-31-33(39)37(22-27-9-5-6-10-28(27)34)29-11-7-8-12-30(29)40-31/h5-6,9-10,13-16,19,23-24,29-30H,7-8,11-12,17-18,20-22H2,1-4H3,(H,35,38)/b31-19-. The predicted octanol–water partition coefficient (Wildman–Crippen LogP) is 6.60. The van der Waals surface area contributed by atoms with Gasteiger partial charge in [0.2, 0.25) is 0 Å². The molecule has 5 nitrogen and oxygen atoms in total. The molecular weight excluding hydrogens is 521 g/mol. The van der Waals surface area contributed by atoms with Crippen LogP contribution in [0, 0.1) is 17.7 Å². The lowest BCUT2D eigenvalue weighted by atomic mass is 9.92. The van der Waals surface area contributed by atoms with Crippen LogP contribution in [0.2, 0.25) is 0 Å². The quantitative estimate of drug-likeness (QED) is 0.312. The van der Waals surface area contributed by atoms with E-state index in [2.05, 4.69) is 37.9 Å². The van der Waals surface area contributed by atoms with E-state index < -0.39 is 0 Å². The van der Waals surface area contributed by atoms with Crippen LogP contribution in [0.1, 0.15) is 74.9 Å². The van der Waals surface area contributed by atoms with Crippen molar-refractivity contribution in [3.05, 3.63) is 75.9 Å². The molecule has 1 saturated heterocycles. The van der Waals surface area contributed by atoms with E-state index in [1.807, 2.05) is 41.3 Å². The predicted molar refractivity (Wildman–Crippen MR) is 163 cm³/mol. The highest BCUT2D eigenvalue weighted by molar-refractivity contribution is 8.04. The van der Waals surface area contributed by atoms with Crippen molar-refractivity contribution in [1.82, 2.24) is 15.1 Å². The van der Waals surface area contributed by atoms with Crippen LogP contribution < -0.4 is 5.32 Å². The smallest absolute Gasteiger partial charge is 0.260 e. The number of amides is 2. The van der Waals surface area contributed by atoms with Gasteiger partial charge in [0, 0.05) is 55.1 Å². The summed E-state index contributed by atoms with van der Waals surface area (Å²) in [5.74, 6) is 0.776. The Balaban J connectivity index is 1.41. The zero-order chi connectivity index (χ0) is 28.6. The Morgan fingerprint density at radius 2 is 1.73 bits per heavy atom. The number of carbonyl (C=O) groups is 2. The molecule has 1 aliphatic heterocycles. The van der Waals surface area contributed by atoms with Crippen molar-refractivity contribution in [2.75, 3.05) is 26.2 Å². The topological polar surface area (TPSA) is 52.7 Å². The SMILES string of the molecule is CC(C)CN(CCNC(=O)c1ccc(/C=C2\SC3CCCCC3N(Cc3ccccc3F)C2=O)cc1)CC(C)C. The highest BCUT2D eigenvalue weighted by Crippen LogP contribution is 2.42. The molecule has 0 aromatic heterocycles. The zero-order valence-electron chi connectivity index (χ0n) is 24.4. The molecule has 4 rings (SSSR count). The summed E-state index contributed by atoms with van der Waals surface area (Å²) in [5, 5.41) is 3.38. The third-order valence-electron chi connectivity index (χ3n) is 7.55. The molecule has 2 amide bonds. The van der Waals surface area contributed by atoms with E-state index in [0.717, 1.165) is 50.9 Å². The van der Waals surface area contributed by atoms with Gasteiger partial charge in [-0.25, -0.2) is 4.39 Å². The Hall–Kier alpha value is -2.64. The van der Waals surface area contributed by atoms with Gasteiger partial charge in [0.15, 0.2) is 0 Å². The molecular formula is C33H44FN3O2S. The molecule has 2 fully saturated rings. The highest BCUT2D eigenvalue weighted by atomic mass is 32.2. The van der Waals surface area contributed by atoms with E-state index in [1.165, 1.54) is 6.07 Å². The summed E-state index contributed by atoms with van der Waals surface area (Å²) in [4.78, 5) is 31.4. The second kappa shape index (κ2) is 14.3. The number of fused-ring (bicyclic) bond motifs is 1. The van der Waals surface area contributed by atoms with Crippen molar-refractivity contribution in [2.45, 2.75) is 71.2 Å². The van der Waals surface area contributed by atoms with E-state index in [0.29, 0.717) is 39.7 Å². The van der Waals surface area contributed by atoms with Gasteiger partial charge in [-0.15, -0.1) is 11.8 Å². The molecule has 2 aromatic carbocycles. The number of halogens is 1. The van der Waals surface area contributed by atoms with E-state index in [1.54, 1.807) is 23.9 Å². The Morgan fingerprint density at radius 3 is 2.40 bits per heavy atom. The lowest BCUT2D eigenvalue weighted by Crippen LogP contribution is -2.50. The molecule has 216 valence electrons. The minimum Gasteiger partial charge on any atom is -0.351 e. The van der Waals surface area contributed by atoms with Crippen molar-refractivity contribution in [3.8, 4) is 0 Å². The van der Waals surface area contributed by atoms with Crippen molar-refractivity contribution in [3.63, 3.8) is 0 Å². The molecule has 2 aliphatic rings. The second-order valence-corrected chi connectivity index (χ2v) is 13.2. The van der Waals surface area contributed by atoms with Crippen molar-refractivity contribution in [1.29, 1.82) is 0 Å². The molecule has 0 bridgehead atoms.